The second kappa shape index (κ2) is 25.2. The van der Waals surface area contributed by atoms with Crippen molar-refractivity contribution in [3.63, 3.8) is 0 Å². The van der Waals surface area contributed by atoms with Crippen LogP contribution in [0.5, 0.6) is 0 Å². The molecule has 0 aromatic heterocycles. The maximum Gasteiger partial charge on any atom is 0.330 e. The molecule has 0 bridgehead atoms. The van der Waals surface area contributed by atoms with Gasteiger partial charge in [0, 0.05) is 61.7 Å². The fourth-order valence-corrected chi connectivity index (χ4v) is 9.67. The van der Waals surface area contributed by atoms with Crippen LogP contribution in [-0.4, -0.2) is 105 Å². The van der Waals surface area contributed by atoms with E-state index in [1.807, 2.05) is 34.6 Å². The number of hydrogen-bond donors (Lipinski definition) is 0. The van der Waals surface area contributed by atoms with Crippen molar-refractivity contribution in [2.75, 3.05) is 34.5 Å². The van der Waals surface area contributed by atoms with Gasteiger partial charge in [0.1, 0.15) is 5.60 Å². The van der Waals surface area contributed by atoms with Gasteiger partial charge in [-0.2, -0.15) is 0 Å². The predicted molar refractivity (Wildman–Crippen MR) is 269 cm³/mol. The summed E-state index contributed by atoms with van der Waals surface area (Å²) in [6, 6.07) is 0. The number of ether oxygens (including phenoxy) is 6. The Morgan fingerprint density at radius 2 is 1.18 bits per heavy atom. The molecule has 2 saturated heterocycles. The summed E-state index contributed by atoms with van der Waals surface area (Å²) in [6.45, 7) is 42.3. The van der Waals surface area contributed by atoms with Gasteiger partial charge in [0.2, 0.25) is 5.79 Å². The maximum atomic E-state index is 13.3. The Kier molecular flexibility index (Phi) is 23.4. The van der Waals surface area contributed by atoms with Crippen molar-refractivity contribution in [3.05, 3.63) is 48.6 Å². The van der Waals surface area contributed by atoms with Gasteiger partial charge in [0.05, 0.1) is 26.4 Å². The molecule has 2 aliphatic rings. The Balaban J connectivity index is 0.000000691. The summed E-state index contributed by atoms with van der Waals surface area (Å²) < 4.78 is 48.1. The molecule has 0 aromatic rings. The summed E-state index contributed by atoms with van der Waals surface area (Å²) in [5, 5.41) is 0.0877. The largest absolute Gasteiger partial charge is 0.466 e. The molecule has 14 heteroatoms. The second-order valence-corrected chi connectivity index (χ2v) is 32.1. The van der Waals surface area contributed by atoms with E-state index in [2.05, 4.69) is 87.8 Å². The molecule has 0 N–H and O–H groups in total. The monoisotopic (exact) mass is 965 g/mol. The molecule has 0 amide bonds. The van der Waals surface area contributed by atoms with E-state index in [0.29, 0.717) is 56.5 Å². The lowest BCUT2D eigenvalue weighted by molar-refractivity contribution is -0.348. The third-order valence-corrected chi connectivity index (χ3v) is 23.3. The van der Waals surface area contributed by atoms with E-state index in [0.717, 1.165) is 32.1 Å². The molecule has 0 spiro atoms. The number of esters is 3. The fourth-order valence-electron chi connectivity index (χ4n) is 7.37. The molecule has 0 radical (unpaired) electrons. The molecule has 0 saturated carbocycles. The lowest BCUT2D eigenvalue weighted by atomic mass is 9.69. The zero-order valence-electron chi connectivity index (χ0n) is 44.8. The van der Waals surface area contributed by atoms with Gasteiger partial charge in [-0.15, -0.1) is 13.2 Å². The van der Waals surface area contributed by atoms with Crippen molar-refractivity contribution >= 4 is 40.3 Å². The van der Waals surface area contributed by atoms with Crippen LogP contribution in [0.2, 0.25) is 36.3 Å². The molecule has 2 heterocycles. The lowest BCUT2D eigenvalue weighted by Gasteiger charge is -2.54. The van der Waals surface area contributed by atoms with Crippen LogP contribution in [0, 0.1) is 10.8 Å². The minimum absolute atomic E-state index is 0.0156. The predicted octanol–water partition coefficient (Wildman–Crippen LogP) is 11.9. The summed E-state index contributed by atoms with van der Waals surface area (Å²) in [6.07, 6.45) is 12.1. The van der Waals surface area contributed by atoms with Crippen molar-refractivity contribution in [3.8, 4) is 0 Å². The normalized spacial score (nSPS) is 24.6. The molecular weight excluding hydrogens is 873 g/mol. The van der Waals surface area contributed by atoms with Crippen LogP contribution in [-0.2, 0) is 56.5 Å². The smallest absolute Gasteiger partial charge is 0.330 e. The number of carbonyl (C=O) groups is 4. The molecule has 0 aliphatic carbocycles. The first-order valence-electron chi connectivity index (χ1n) is 23.9. The Morgan fingerprint density at radius 1 is 0.712 bits per heavy atom. The van der Waals surface area contributed by atoms with Crippen LogP contribution in [0.1, 0.15) is 147 Å². The Bertz CT molecular complexity index is 1700. The minimum Gasteiger partial charge on any atom is -0.466 e. The molecule has 2 aliphatic heterocycles. The van der Waals surface area contributed by atoms with E-state index in [9.17, 15) is 19.2 Å². The van der Waals surface area contributed by atoms with Crippen molar-refractivity contribution in [1.29, 1.82) is 0 Å². The highest BCUT2D eigenvalue weighted by atomic mass is 28.4. The van der Waals surface area contributed by atoms with Crippen molar-refractivity contribution in [1.82, 2.24) is 0 Å². The molecule has 66 heavy (non-hydrogen) atoms. The highest BCUT2D eigenvalue weighted by Crippen LogP contribution is 2.50. The van der Waals surface area contributed by atoms with E-state index >= 15 is 0 Å². The van der Waals surface area contributed by atoms with Crippen LogP contribution in [0.15, 0.2) is 48.6 Å². The average Bonchev–Trinajstić information content (AvgIpc) is 3.21. The van der Waals surface area contributed by atoms with Crippen molar-refractivity contribution in [2.45, 2.75) is 213 Å². The van der Waals surface area contributed by atoms with Crippen LogP contribution in [0.25, 0.3) is 0 Å². The molecule has 2 fully saturated rings. The van der Waals surface area contributed by atoms with Crippen LogP contribution >= 0.6 is 0 Å². The van der Waals surface area contributed by atoms with Crippen LogP contribution < -0.4 is 0 Å². The van der Waals surface area contributed by atoms with E-state index < -0.39 is 56.9 Å². The number of ketones is 1. The molecular formula is C52H92O12Si2. The van der Waals surface area contributed by atoms with E-state index in [-0.39, 0.29) is 34.0 Å². The molecule has 0 unspecified atom stereocenters. The summed E-state index contributed by atoms with van der Waals surface area (Å²) in [5.74, 6) is -2.95. The van der Waals surface area contributed by atoms with Crippen LogP contribution in [0.4, 0.5) is 0 Å². The highest BCUT2D eigenvalue weighted by molar-refractivity contribution is 6.74. The van der Waals surface area contributed by atoms with Gasteiger partial charge >= 0.3 is 17.9 Å². The zero-order valence-corrected chi connectivity index (χ0v) is 46.8. The molecule has 12 nitrogen and oxygen atoms in total. The standard InChI is InChI=1S/C30H54O7Si.C22H38O5Si/c1-12-14-15-16-17-19-25(31)36-27-23(21-26(32)33-8)20-24(18-13-2)37-30(27,34-9)29(6,7)22-35-38(10,11)28(3,4)5;1-11-12-17-13-16(14-18(23)25-8)19(24)22(7,27-17)21(5,6)15-26-28(9,10)20(2,3)4/h13,21,24,27H,2,12,14-20,22H2,1,3-11H3;11,14,17H,1,12-13,15H2,2-10H3/b23-21+;16-14+/t24-,27+,30-;17-,22-/m11/s1. The van der Waals surface area contributed by atoms with Crippen molar-refractivity contribution < 1.29 is 56.5 Å². The number of methoxy groups -OCH3 is 3. The third kappa shape index (κ3) is 16.2. The summed E-state index contributed by atoms with van der Waals surface area (Å²) >= 11 is 0. The van der Waals surface area contributed by atoms with Crippen LogP contribution in [0.3, 0.4) is 0 Å². The number of hydrogen-bond acceptors (Lipinski definition) is 12. The van der Waals surface area contributed by atoms with Crippen molar-refractivity contribution in [2.24, 2.45) is 10.8 Å². The quantitative estimate of drug-likeness (QED) is 0.0254. The first-order valence-corrected chi connectivity index (χ1v) is 29.7. The topological polar surface area (TPSA) is 142 Å². The first-order chi connectivity index (χ1) is 30.2. The summed E-state index contributed by atoms with van der Waals surface area (Å²) in [7, 11) is 0.101. The fraction of sp³-hybridized carbons (Fsp3) is 0.769. The summed E-state index contributed by atoms with van der Waals surface area (Å²) in [4.78, 5) is 50.7. The van der Waals surface area contributed by atoms with Gasteiger partial charge in [-0.1, -0.05) is 114 Å². The number of unbranched alkanes of at least 4 members (excludes halogenated alkanes) is 4. The average molecular weight is 965 g/mol. The number of rotatable bonds is 22. The number of Topliss-reactive ketones (excluding diaryl/α,β-unsaturated/α-hetero) is 1. The highest BCUT2D eigenvalue weighted by Gasteiger charge is 2.60. The van der Waals surface area contributed by atoms with Gasteiger partial charge in [-0.05, 0) is 74.4 Å². The van der Waals surface area contributed by atoms with Gasteiger partial charge in [-0.25, -0.2) is 9.59 Å². The van der Waals surface area contributed by atoms with Gasteiger partial charge < -0.3 is 37.3 Å². The lowest BCUT2D eigenvalue weighted by Crippen LogP contribution is -2.65. The molecule has 2 rings (SSSR count). The molecule has 5 atom stereocenters. The minimum atomic E-state index is -2.11. The second-order valence-electron chi connectivity index (χ2n) is 22.5. The van der Waals surface area contributed by atoms with Gasteiger partial charge in [-0.3, -0.25) is 9.59 Å². The first kappa shape index (κ1) is 61.3. The SMILES string of the molecule is C=CC[C@@H]1C/C(=C\C(=O)OC)C(=O)[C@](C)(C(C)(C)CO[Si](C)(C)C(C)(C)C)O1.C=CC[C@@H]1C/C(=C\C(=O)OC)[C@H](OC(=O)CCCCCCC)[C@](OC)(C(C)(C)CO[Si](C)(C)C(C)(C)C)O1. The van der Waals surface area contributed by atoms with E-state index in [4.69, 9.17) is 37.3 Å². The van der Waals surface area contributed by atoms with Gasteiger partial charge in [0.15, 0.2) is 28.5 Å². The van der Waals surface area contributed by atoms with E-state index in [1.165, 1.54) is 26.4 Å². The van der Waals surface area contributed by atoms with Gasteiger partial charge in [0.25, 0.3) is 0 Å². The summed E-state index contributed by atoms with van der Waals surface area (Å²) in [5.41, 5.74) is -1.40. The molecule has 0 aromatic carbocycles. The maximum absolute atomic E-state index is 13.3. The Hall–Kier alpha value is -2.73. The zero-order chi connectivity index (χ0) is 51.2. The number of carbonyl (C=O) groups excluding carboxylic acids is 4. The molecule has 380 valence electrons. The Labute approximate surface area is 402 Å². The Morgan fingerprint density at radius 3 is 1.64 bits per heavy atom. The van der Waals surface area contributed by atoms with E-state index in [1.54, 1.807) is 19.3 Å². The third-order valence-electron chi connectivity index (χ3n) is 14.4.